The van der Waals surface area contributed by atoms with E-state index in [4.69, 9.17) is 9.47 Å². The standard InChI is InChI=1S/C19H34N2O4/c22-17(14-24-15-18-7-4-12-25-18)13-20-8-10-21(11-9-20)19(23)16-5-2-1-3-6-16/h16-18,22H,1-15H2. The molecule has 2 saturated heterocycles. The van der Waals surface area contributed by atoms with Gasteiger partial charge in [-0.15, -0.1) is 0 Å². The highest BCUT2D eigenvalue weighted by molar-refractivity contribution is 5.79. The summed E-state index contributed by atoms with van der Waals surface area (Å²) in [7, 11) is 0. The van der Waals surface area contributed by atoms with Gasteiger partial charge in [-0.1, -0.05) is 19.3 Å². The Morgan fingerprint density at radius 1 is 1.08 bits per heavy atom. The molecule has 6 nitrogen and oxygen atoms in total. The molecule has 0 aromatic rings. The van der Waals surface area contributed by atoms with Crippen molar-refractivity contribution in [2.45, 2.75) is 57.2 Å². The fourth-order valence-corrected chi connectivity index (χ4v) is 4.22. The maximum Gasteiger partial charge on any atom is 0.225 e. The Labute approximate surface area is 151 Å². The topological polar surface area (TPSA) is 62.2 Å². The van der Waals surface area contributed by atoms with E-state index in [2.05, 4.69) is 4.90 Å². The van der Waals surface area contributed by atoms with Gasteiger partial charge >= 0.3 is 0 Å². The van der Waals surface area contributed by atoms with Crippen LogP contribution < -0.4 is 0 Å². The Bertz CT molecular complexity index is 400. The Morgan fingerprint density at radius 2 is 1.84 bits per heavy atom. The second-order valence-corrected chi connectivity index (χ2v) is 7.79. The van der Waals surface area contributed by atoms with Crippen LogP contribution in [0.1, 0.15) is 44.9 Å². The van der Waals surface area contributed by atoms with Crippen molar-refractivity contribution in [2.75, 3.05) is 52.5 Å². The van der Waals surface area contributed by atoms with Gasteiger partial charge in [0.2, 0.25) is 5.91 Å². The average Bonchev–Trinajstić information content (AvgIpc) is 3.16. The summed E-state index contributed by atoms with van der Waals surface area (Å²) in [5, 5.41) is 10.2. The molecule has 2 heterocycles. The van der Waals surface area contributed by atoms with Crippen molar-refractivity contribution in [1.29, 1.82) is 0 Å². The van der Waals surface area contributed by atoms with E-state index in [-0.39, 0.29) is 12.0 Å². The number of nitrogens with zero attached hydrogens (tertiary/aromatic N) is 2. The first-order valence-corrected chi connectivity index (χ1v) is 10.1. The number of piperazine rings is 1. The number of aliphatic hydroxyl groups is 1. The van der Waals surface area contributed by atoms with Crippen LogP contribution in [0.5, 0.6) is 0 Å². The lowest BCUT2D eigenvalue weighted by atomic mass is 9.88. The lowest BCUT2D eigenvalue weighted by molar-refractivity contribution is -0.138. The van der Waals surface area contributed by atoms with Gasteiger partial charge in [0.15, 0.2) is 0 Å². The van der Waals surface area contributed by atoms with Crippen LogP contribution in [0.25, 0.3) is 0 Å². The molecule has 25 heavy (non-hydrogen) atoms. The SMILES string of the molecule is O=C(C1CCCCC1)N1CCN(CC(O)COCC2CCCO2)CC1. The molecule has 3 rings (SSSR count). The molecule has 6 heteroatoms. The van der Waals surface area contributed by atoms with Gasteiger partial charge in [0.05, 0.1) is 25.4 Å². The van der Waals surface area contributed by atoms with Crippen molar-refractivity contribution in [3.8, 4) is 0 Å². The number of aliphatic hydroxyl groups excluding tert-OH is 1. The van der Waals surface area contributed by atoms with Crippen molar-refractivity contribution in [2.24, 2.45) is 5.92 Å². The Morgan fingerprint density at radius 3 is 2.52 bits per heavy atom. The second kappa shape index (κ2) is 9.86. The summed E-state index contributed by atoms with van der Waals surface area (Å²) in [4.78, 5) is 16.9. The van der Waals surface area contributed by atoms with Crippen LogP contribution in [-0.2, 0) is 14.3 Å². The summed E-state index contributed by atoms with van der Waals surface area (Å²) >= 11 is 0. The molecule has 2 unspecified atom stereocenters. The van der Waals surface area contributed by atoms with Gasteiger partial charge in [-0.2, -0.15) is 0 Å². The highest BCUT2D eigenvalue weighted by atomic mass is 16.5. The normalized spacial score (nSPS) is 27.6. The summed E-state index contributed by atoms with van der Waals surface area (Å²) in [6.07, 6.45) is 7.74. The van der Waals surface area contributed by atoms with Crippen LogP contribution in [0.2, 0.25) is 0 Å². The van der Waals surface area contributed by atoms with Crippen LogP contribution in [0.3, 0.4) is 0 Å². The maximum absolute atomic E-state index is 12.6. The van der Waals surface area contributed by atoms with E-state index in [0.29, 0.717) is 25.7 Å². The first-order valence-electron chi connectivity index (χ1n) is 10.1. The molecular weight excluding hydrogens is 320 g/mol. The molecule has 1 saturated carbocycles. The Balaban J connectivity index is 1.29. The summed E-state index contributed by atoms with van der Waals surface area (Å²) in [6.45, 7) is 5.68. The largest absolute Gasteiger partial charge is 0.389 e. The molecule has 0 bridgehead atoms. The Kier molecular flexibility index (Phi) is 7.52. The molecular formula is C19H34N2O4. The molecule has 0 aromatic carbocycles. The van der Waals surface area contributed by atoms with Crippen molar-refractivity contribution in [3.05, 3.63) is 0 Å². The molecule has 3 fully saturated rings. The van der Waals surface area contributed by atoms with Crippen LogP contribution >= 0.6 is 0 Å². The van der Waals surface area contributed by atoms with Crippen LogP contribution in [0.15, 0.2) is 0 Å². The number of hydrogen-bond donors (Lipinski definition) is 1. The van der Waals surface area contributed by atoms with E-state index in [0.717, 1.165) is 58.5 Å². The number of carbonyl (C=O) groups is 1. The minimum Gasteiger partial charge on any atom is -0.389 e. The van der Waals surface area contributed by atoms with Crippen LogP contribution in [0, 0.1) is 5.92 Å². The van der Waals surface area contributed by atoms with Crippen molar-refractivity contribution in [3.63, 3.8) is 0 Å². The zero-order valence-electron chi connectivity index (χ0n) is 15.4. The van der Waals surface area contributed by atoms with Gasteiger partial charge in [-0.05, 0) is 25.7 Å². The average molecular weight is 354 g/mol. The van der Waals surface area contributed by atoms with Gasteiger partial charge in [0.25, 0.3) is 0 Å². The molecule has 3 aliphatic rings. The molecule has 0 aromatic heterocycles. The molecule has 1 N–H and O–H groups in total. The van der Waals surface area contributed by atoms with Crippen LogP contribution in [0.4, 0.5) is 0 Å². The van der Waals surface area contributed by atoms with E-state index in [1.807, 2.05) is 4.90 Å². The minimum absolute atomic E-state index is 0.210. The molecule has 144 valence electrons. The van der Waals surface area contributed by atoms with Crippen molar-refractivity contribution in [1.82, 2.24) is 9.80 Å². The number of hydrogen-bond acceptors (Lipinski definition) is 5. The van der Waals surface area contributed by atoms with Crippen LogP contribution in [-0.4, -0.2) is 85.6 Å². The molecule has 1 amide bonds. The first-order chi connectivity index (χ1) is 12.2. The number of β-amino-alcohol motifs (C(OH)–C–C–N with tert-alkyl or cyclic N) is 1. The highest BCUT2D eigenvalue weighted by Crippen LogP contribution is 2.25. The first kappa shape index (κ1) is 19.1. The van der Waals surface area contributed by atoms with E-state index in [1.54, 1.807) is 0 Å². The van der Waals surface area contributed by atoms with Gasteiger partial charge in [0.1, 0.15) is 0 Å². The third-order valence-electron chi connectivity index (χ3n) is 5.75. The third kappa shape index (κ3) is 5.91. The fourth-order valence-electron chi connectivity index (χ4n) is 4.22. The van der Waals surface area contributed by atoms with Crippen molar-refractivity contribution < 1.29 is 19.4 Å². The van der Waals surface area contributed by atoms with E-state index in [9.17, 15) is 9.90 Å². The smallest absolute Gasteiger partial charge is 0.225 e. The van der Waals surface area contributed by atoms with Gasteiger partial charge < -0.3 is 19.5 Å². The molecule has 0 spiro atoms. The summed E-state index contributed by atoms with van der Waals surface area (Å²) in [6, 6.07) is 0. The van der Waals surface area contributed by atoms with Gasteiger partial charge in [0, 0.05) is 45.2 Å². The lowest BCUT2D eigenvalue weighted by Gasteiger charge is -2.37. The second-order valence-electron chi connectivity index (χ2n) is 7.79. The quantitative estimate of drug-likeness (QED) is 0.746. The summed E-state index contributed by atoms with van der Waals surface area (Å²) in [5.41, 5.74) is 0. The van der Waals surface area contributed by atoms with E-state index < -0.39 is 6.10 Å². The minimum atomic E-state index is -0.470. The summed E-state index contributed by atoms with van der Waals surface area (Å²) < 4.78 is 11.1. The van der Waals surface area contributed by atoms with E-state index >= 15 is 0 Å². The number of carbonyl (C=O) groups excluding carboxylic acids is 1. The zero-order chi connectivity index (χ0) is 17.5. The van der Waals surface area contributed by atoms with Crippen molar-refractivity contribution >= 4 is 5.91 Å². The lowest BCUT2D eigenvalue weighted by Crippen LogP contribution is -2.52. The molecule has 2 aliphatic heterocycles. The number of rotatable bonds is 7. The van der Waals surface area contributed by atoms with E-state index in [1.165, 1.54) is 19.3 Å². The summed E-state index contributed by atoms with van der Waals surface area (Å²) in [5.74, 6) is 0.622. The van der Waals surface area contributed by atoms with Gasteiger partial charge in [-0.3, -0.25) is 9.69 Å². The molecule has 2 atom stereocenters. The fraction of sp³-hybridized carbons (Fsp3) is 0.947. The zero-order valence-corrected chi connectivity index (χ0v) is 15.4. The number of ether oxygens (including phenoxy) is 2. The molecule has 0 radical (unpaired) electrons. The third-order valence-corrected chi connectivity index (χ3v) is 5.75. The predicted molar refractivity (Wildman–Crippen MR) is 95.4 cm³/mol. The Hall–Kier alpha value is -0.690. The number of amides is 1. The van der Waals surface area contributed by atoms with Gasteiger partial charge in [-0.25, -0.2) is 0 Å². The molecule has 1 aliphatic carbocycles. The maximum atomic E-state index is 12.6. The predicted octanol–water partition coefficient (Wildman–Crippen LogP) is 1.27. The monoisotopic (exact) mass is 354 g/mol. The highest BCUT2D eigenvalue weighted by Gasteiger charge is 2.28.